The van der Waals surface area contributed by atoms with Crippen LogP contribution in [0.25, 0.3) is 11.1 Å². The van der Waals surface area contributed by atoms with Crippen LogP contribution >= 0.6 is 34.2 Å². The minimum atomic E-state index is 0.232. The number of halogens is 2. The largest absolute Gasteiger partial charge is 0.442 e. The van der Waals surface area contributed by atoms with Crippen molar-refractivity contribution in [3.63, 3.8) is 0 Å². The van der Waals surface area contributed by atoms with Crippen LogP contribution in [0, 0.1) is 17.4 Å². The first kappa shape index (κ1) is 9.21. The van der Waals surface area contributed by atoms with Gasteiger partial charge in [-0.05, 0) is 48.0 Å². The second-order valence-electron chi connectivity index (χ2n) is 2.73. The molecule has 3 nitrogen and oxygen atoms in total. The van der Waals surface area contributed by atoms with Crippen LogP contribution in [-0.2, 0) is 0 Å². The average molecular weight is 309 g/mol. The summed E-state index contributed by atoms with van der Waals surface area (Å²) in [5.74, 6) is 0.857. The molecule has 0 aliphatic heterocycles. The molecule has 2 aromatic heterocycles. The molecule has 2 rings (SSSR count). The third-order valence-electron chi connectivity index (χ3n) is 1.81. The lowest BCUT2D eigenvalue weighted by atomic mass is 10.3. The Morgan fingerprint density at radius 1 is 1.31 bits per heavy atom. The summed E-state index contributed by atoms with van der Waals surface area (Å²) in [6.07, 6.45) is 0. The highest BCUT2D eigenvalue weighted by Gasteiger charge is 2.13. The number of fused-ring (bicyclic) bond motifs is 1. The molecule has 0 bridgehead atoms. The molecule has 2 heterocycles. The Morgan fingerprint density at radius 2 is 2.00 bits per heavy atom. The van der Waals surface area contributed by atoms with Crippen molar-refractivity contribution in [2.45, 2.75) is 13.8 Å². The minimum absolute atomic E-state index is 0.232. The van der Waals surface area contributed by atoms with Crippen molar-refractivity contribution in [2.75, 3.05) is 0 Å². The molecule has 0 aliphatic rings. The van der Waals surface area contributed by atoms with Crippen molar-refractivity contribution >= 4 is 45.3 Å². The van der Waals surface area contributed by atoms with E-state index in [9.17, 15) is 0 Å². The molecule has 0 aromatic carbocycles. The van der Waals surface area contributed by atoms with Gasteiger partial charge in [-0.25, -0.2) is 4.98 Å². The molecule has 0 atom stereocenters. The van der Waals surface area contributed by atoms with Gasteiger partial charge in [0.25, 0.3) is 0 Å². The number of aromatic nitrogens is 2. The topological polar surface area (TPSA) is 38.9 Å². The third kappa shape index (κ3) is 1.42. The van der Waals surface area contributed by atoms with E-state index in [1.54, 1.807) is 0 Å². The Bertz CT molecular complexity index is 480. The maximum Gasteiger partial charge on any atom is 0.231 e. The van der Waals surface area contributed by atoms with E-state index >= 15 is 0 Å². The van der Waals surface area contributed by atoms with Crippen LogP contribution in [0.2, 0.25) is 5.28 Å². The van der Waals surface area contributed by atoms with E-state index in [2.05, 4.69) is 32.6 Å². The number of aryl methyl sites for hydroxylation is 2. The second kappa shape index (κ2) is 3.09. The molecular weight excluding hydrogens is 302 g/mol. The summed E-state index contributed by atoms with van der Waals surface area (Å²) < 4.78 is 6.47. The molecule has 0 saturated heterocycles. The van der Waals surface area contributed by atoms with Gasteiger partial charge in [-0.1, -0.05) is 0 Å². The molecule has 0 aliphatic carbocycles. The Balaban J connectivity index is 2.94. The first-order valence-electron chi connectivity index (χ1n) is 3.68. The molecule has 5 heteroatoms. The molecule has 0 saturated carbocycles. The summed E-state index contributed by atoms with van der Waals surface area (Å²) in [5, 5.41) is 1.19. The van der Waals surface area contributed by atoms with Gasteiger partial charge in [0.15, 0.2) is 0 Å². The number of hydrogen-bond acceptors (Lipinski definition) is 3. The zero-order valence-corrected chi connectivity index (χ0v) is 9.97. The fraction of sp³-hybridized carbons (Fsp3) is 0.250. The highest BCUT2D eigenvalue weighted by Crippen LogP contribution is 2.28. The lowest BCUT2D eigenvalue weighted by molar-refractivity contribution is 0.564. The van der Waals surface area contributed by atoms with E-state index < -0.39 is 0 Å². The molecule has 0 N–H and O–H groups in total. The van der Waals surface area contributed by atoms with Crippen molar-refractivity contribution in [1.82, 2.24) is 9.97 Å². The molecule has 68 valence electrons. The lowest BCUT2D eigenvalue weighted by Gasteiger charge is -1.94. The van der Waals surface area contributed by atoms with E-state index in [0.29, 0.717) is 5.71 Å². The summed E-state index contributed by atoms with van der Waals surface area (Å²) >= 11 is 7.92. The zero-order chi connectivity index (χ0) is 9.59. The Labute approximate surface area is 93.6 Å². The van der Waals surface area contributed by atoms with E-state index in [1.165, 1.54) is 0 Å². The van der Waals surface area contributed by atoms with Gasteiger partial charge >= 0.3 is 0 Å². The average Bonchev–Trinajstić information content (AvgIpc) is 2.27. The van der Waals surface area contributed by atoms with Crippen LogP contribution in [-0.4, -0.2) is 9.97 Å². The smallest absolute Gasteiger partial charge is 0.231 e. The van der Waals surface area contributed by atoms with Gasteiger partial charge in [0, 0.05) is 0 Å². The van der Waals surface area contributed by atoms with Crippen molar-refractivity contribution in [2.24, 2.45) is 0 Å². The predicted molar refractivity (Wildman–Crippen MR) is 59.0 cm³/mol. The van der Waals surface area contributed by atoms with Crippen molar-refractivity contribution in [3.8, 4) is 0 Å². The lowest BCUT2D eigenvalue weighted by Crippen LogP contribution is -1.87. The monoisotopic (exact) mass is 308 g/mol. The molecule has 0 radical (unpaired) electrons. The van der Waals surface area contributed by atoms with E-state index in [1.807, 2.05) is 13.8 Å². The quantitative estimate of drug-likeness (QED) is 0.554. The number of hydrogen-bond donors (Lipinski definition) is 0. The van der Waals surface area contributed by atoms with Crippen molar-refractivity contribution < 1.29 is 4.42 Å². The first-order valence-corrected chi connectivity index (χ1v) is 5.14. The van der Waals surface area contributed by atoms with Gasteiger partial charge in [0.1, 0.15) is 5.76 Å². The maximum atomic E-state index is 5.70. The SMILES string of the molecule is Cc1oc2nc(Cl)nc(C)c2c1I. The maximum absolute atomic E-state index is 5.70. The van der Waals surface area contributed by atoms with Crippen LogP contribution in [0.1, 0.15) is 11.5 Å². The molecule has 0 spiro atoms. The number of rotatable bonds is 0. The van der Waals surface area contributed by atoms with Gasteiger partial charge in [-0.3, -0.25) is 0 Å². The predicted octanol–water partition coefficient (Wildman–Crippen LogP) is 3.10. The van der Waals surface area contributed by atoms with Crippen LogP contribution < -0.4 is 0 Å². The number of furan rings is 1. The second-order valence-corrected chi connectivity index (χ2v) is 4.15. The summed E-state index contributed by atoms with van der Waals surface area (Å²) in [6, 6.07) is 0. The van der Waals surface area contributed by atoms with E-state index in [0.717, 1.165) is 20.4 Å². The van der Waals surface area contributed by atoms with Gasteiger partial charge in [-0.15, -0.1) is 0 Å². The molecule has 2 aromatic rings. The Morgan fingerprint density at radius 3 is 2.69 bits per heavy atom. The molecule has 0 fully saturated rings. The molecule has 0 unspecified atom stereocenters. The first-order chi connectivity index (χ1) is 6.09. The van der Waals surface area contributed by atoms with Crippen molar-refractivity contribution in [3.05, 3.63) is 20.3 Å². The Kier molecular flexibility index (Phi) is 2.19. The van der Waals surface area contributed by atoms with Crippen molar-refractivity contribution in [1.29, 1.82) is 0 Å². The normalized spacial score (nSPS) is 11.1. The summed E-state index contributed by atoms with van der Waals surface area (Å²) in [5.41, 5.74) is 1.43. The summed E-state index contributed by atoms with van der Waals surface area (Å²) in [6.45, 7) is 3.80. The molecular formula is C8H6ClIN2O. The minimum Gasteiger partial charge on any atom is -0.442 e. The van der Waals surface area contributed by atoms with Crippen LogP contribution in [0.5, 0.6) is 0 Å². The fourth-order valence-electron chi connectivity index (χ4n) is 1.21. The highest BCUT2D eigenvalue weighted by atomic mass is 127. The summed E-state index contributed by atoms with van der Waals surface area (Å²) in [4.78, 5) is 8.07. The fourth-order valence-corrected chi connectivity index (χ4v) is 2.14. The van der Waals surface area contributed by atoms with E-state index in [4.69, 9.17) is 16.0 Å². The van der Waals surface area contributed by atoms with Crippen LogP contribution in [0.4, 0.5) is 0 Å². The van der Waals surface area contributed by atoms with Gasteiger partial charge in [0.05, 0.1) is 14.7 Å². The molecule has 13 heavy (non-hydrogen) atoms. The van der Waals surface area contributed by atoms with Crippen LogP contribution in [0.15, 0.2) is 4.42 Å². The summed E-state index contributed by atoms with van der Waals surface area (Å²) in [7, 11) is 0. The van der Waals surface area contributed by atoms with E-state index in [-0.39, 0.29) is 5.28 Å². The number of nitrogens with zero attached hydrogens (tertiary/aromatic N) is 2. The molecule has 0 amide bonds. The Hall–Kier alpha value is -0.360. The third-order valence-corrected chi connectivity index (χ3v) is 3.28. The standard InChI is InChI=1S/C8H6ClIN2O/c1-3-5-6(10)4(2)13-7(5)12-8(9)11-3/h1-2H3. The van der Waals surface area contributed by atoms with Gasteiger partial charge < -0.3 is 4.42 Å². The van der Waals surface area contributed by atoms with Gasteiger partial charge in [-0.2, -0.15) is 4.98 Å². The zero-order valence-electron chi connectivity index (χ0n) is 7.06. The highest BCUT2D eigenvalue weighted by molar-refractivity contribution is 14.1. The van der Waals surface area contributed by atoms with Gasteiger partial charge in [0.2, 0.25) is 11.0 Å². The van der Waals surface area contributed by atoms with Crippen LogP contribution in [0.3, 0.4) is 0 Å².